The molecule has 140 valence electrons. The molecule has 11 heteroatoms. The van der Waals surface area contributed by atoms with E-state index in [2.05, 4.69) is 15.9 Å². The molecular formula is C15H6BrF7O3. The van der Waals surface area contributed by atoms with Gasteiger partial charge in [0.15, 0.2) is 5.82 Å². The van der Waals surface area contributed by atoms with Crippen LogP contribution in [0.15, 0.2) is 34.8 Å². The summed E-state index contributed by atoms with van der Waals surface area (Å²) < 4.78 is 96.0. The van der Waals surface area contributed by atoms with Gasteiger partial charge in [0.05, 0.1) is 11.1 Å². The molecule has 0 fully saturated rings. The minimum absolute atomic E-state index is 0.0224. The number of carboxylic acids is 1. The Morgan fingerprint density at radius 1 is 0.923 bits per heavy atom. The van der Waals surface area contributed by atoms with E-state index in [1.807, 2.05) is 0 Å². The standard InChI is InChI=1S/C15H6BrF7O3/c16-6-1-3-9(8(5-6)15(21,22)23)26-10-4-2-7(14(18,19)20)12(17)11(10)13(24)25/h1-5H,(H,24,25). The fourth-order valence-corrected chi connectivity index (χ4v) is 2.35. The summed E-state index contributed by atoms with van der Waals surface area (Å²) in [6, 6.07) is 3.19. The van der Waals surface area contributed by atoms with Gasteiger partial charge in [0, 0.05) is 4.47 Å². The second-order valence-electron chi connectivity index (χ2n) is 4.84. The van der Waals surface area contributed by atoms with E-state index in [1.165, 1.54) is 0 Å². The van der Waals surface area contributed by atoms with Crippen LogP contribution >= 0.6 is 15.9 Å². The summed E-state index contributed by atoms with van der Waals surface area (Å²) >= 11 is 2.82. The number of benzene rings is 2. The van der Waals surface area contributed by atoms with Crippen LogP contribution in [0.5, 0.6) is 11.5 Å². The van der Waals surface area contributed by atoms with Gasteiger partial charge in [0.1, 0.15) is 17.1 Å². The van der Waals surface area contributed by atoms with Crippen molar-refractivity contribution in [1.29, 1.82) is 0 Å². The molecule has 0 amide bonds. The van der Waals surface area contributed by atoms with Crippen LogP contribution in [0.25, 0.3) is 0 Å². The zero-order valence-electron chi connectivity index (χ0n) is 12.2. The van der Waals surface area contributed by atoms with Gasteiger partial charge in [-0.3, -0.25) is 0 Å². The van der Waals surface area contributed by atoms with Gasteiger partial charge in [-0.15, -0.1) is 0 Å². The zero-order chi connectivity index (χ0) is 19.9. The highest BCUT2D eigenvalue weighted by Crippen LogP contribution is 2.42. The number of ether oxygens (including phenoxy) is 1. The fraction of sp³-hybridized carbons (Fsp3) is 0.133. The largest absolute Gasteiger partial charge is 0.477 e. The number of hydrogen-bond donors (Lipinski definition) is 1. The molecule has 0 saturated heterocycles. The Balaban J connectivity index is 2.62. The average Bonchev–Trinajstić information content (AvgIpc) is 2.46. The Kier molecular flexibility index (Phi) is 5.22. The molecule has 0 heterocycles. The molecule has 2 rings (SSSR count). The molecule has 0 spiro atoms. The van der Waals surface area contributed by atoms with Crippen LogP contribution in [0.2, 0.25) is 0 Å². The van der Waals surface area contributed by atoms with Gasteiger partial charge < -0.3 is 9.84 Å². The Hall–Kier alpha value is -2.30. The highest BCUT2D eigenvalue weighted by atomic mass is 79.9. The molecule has 0 atom stereocenters. The van der Waals surface area contributed by atoms with E-state index in [1.54, 1.807) is 0 Å². The average molecular weight is 447 g/mol. The summed E-state index contributed by atoms with van der Waals surface area (Å²) in [7, 11) is 0. The van der Waals surface area contributed by atoms with E-state index in [4.69, 9.17) is 9.84 Å². The molecule has 26 heavy (non-hydrogen) atoms. The van der Waals surface area contributed by atoms with Crippen LogP contribution in [-0.4, -0.2) is 11.1 Å². The van der Waals surface area contributed by atoms with Crippen molar-refractivity contribution in [3.05, 3.63) is 57.3 Å². The van der Waals surface area contributed by atoms with E-state index in [0.717, 1.165) is 12.1 Å². The van der Waals surface area contributed by atoms with Gasteiger partial charge in [0.2, 0.25) is 0 Å². The summed E-state index contributed by atoms with van der Waals surface area (Å²) in [6.45, 7) is 0. The van der Waals surface area contributed by atoms with Gasteiger partial charge in [-0.2, -0.15) is 26.3 Å². The fourth-order valence-electron chi connectivity index (χ4n) is 1.99. The van der Waals surface area contributed by atoms with Gasteiger partial charge in [0.25, 0.3) is 0 Å². The molecule has 2 aromatic rings. The third-order valence-electron chi connectivity index (χ3n) is 3.09. The van der Waals surface area contributed by atoms with Gasteiger partial charge in [-0.05, 0) is 30.3 Å². The number of halogens is 8. The van der Waals surface area contributed by atoms with Crippen LogP contribution < -0.4 is 4.74 Å². The maximum Gasteiger partial charge on any atom is 0.420 e. The van der Waals surface area contributed by atoms with E-state index >= 15 is 0 Å². The van der Waals surface area contributed by atoms with Gasteiger partial charge in [-0.1, -0.05) is 15.9 Å². The topological polar surface area (TPSA) is 46.5 Å². The highest BCUT2D eigenvalue weighted by molar-refractivity contribution is 9.10. The van der Waals surface area contributed by atoms with Crippen molar-refractivity contribution in [3.8, 4) is 11.5 Å². The van der Waals surface area contributed by atoms with Crippen LogP contribution in [0, 0.1) is 5.82 Å². The first kappa shape index (κ1) is 20.0. The molecule has 0 unspecified atom stereocenters. The Morgan fingerprint density at radius 2 is 1.46 bits per heavy atom. The molecular weight excluding hydrogens is 441 g/mol. The lowest BCUT2D eigenvalue weighted by Crippen LogP contribution is -2.14. The Bertz CT molecular complexity index is 860. The van der Waals surface area contributed by atoms with Gasteiger partial charge >= 0.3 is 18.3 Å². The number of hydrogen-bond acceptors (Lipinski definition) is 2. The maximum atomic E-state index is 14.0. The van der Waals surface area contributed by atoms with Crippen molar-refractivity contribution >= 4 is 21.9 Å². The summed E-state index contributed by atoms with van der Waals surface area (Å²) in [4.78, 5) is 11.1. The van der Waals surface area contributed by atoms with Crippen molar-refractivity contribution in [1.82, 2.24) is 0 Å². The third-order valence-corrected chi connectivity index (χ3v) is 3.58. The van der Waals surface area contributed by atoms with Crippen molar-refractivity contribution in [2.24, 2.45) is 0 Å². The second-order valence-corrected chi connectivity index (χ2v) is 5.76. The second kappa shape index (κ2) is 6.78. The van der Waals surface area contributed by atoms with Crippen molar-refractivity contribution in [2.45, 2.75) is 12.4 Å². The number of rotatable bonds is 3. The first-order chi connectivity index (χ1) is 11.8. The zero-order valence-corrected chi connectivity index (χ0v) is 13.8. The van der Waals surface area contributed by atoms with E-state index in [0.29, 0.717) is 12.1 Å². The molecule has 3 nitrogen and oxygen atoms in total. The Labute approximate surface area is 149 Å². The lowest BCUT2D eigenvalue weighted by molar-refractivity contribution is -0.140. The molecule has 1 N–H and O–H groups in total. The summed E-state index contributed by atoms with van der Waals surface area (Å²) in [5.41, 5.74) is -4.74. The minimum atomic E-state index is -5.19. The van der Waals surface area contributed by atoms with E-state index in [9.17, 15) is 35.5 Å². The summed E-state index contributed by atoms with van der Waals surface area (Å²) in [5, 5.41) is 8.97. The monoisotopic (exact) mass is 446 g/mol. The van der Waals surface area contributed by atoms with E-state index < -0.39 is 52.3 Å². The number of carbonyl (C=O) groups is 1. The number of aromatic carboxylic acids is 1. The molecule has 0 aromatic heterocycles. The van der Waals surface area contributed by atoms with Crippen molar-refractivity contribution < 1.29 is 45.4 Å². The minimum Gasteiger partial charge on any atom is -0.477 e. The van der Waals surface area contributed by atoms with Crippen LogP contribution in [-0.2, 0) is 12.4 Å². The van der Waals surface area contributed by atoms with Gasteiger partial charge in [-0.25, -0.2) is 9.18 Å². The molecule has 0 radical (unpaired) electrons. The predicted octanol–water partition coefficient (Wildman–Crippen LogP) is 6.12. The molecule has 0 aliphatic heterocycles. The maximum absolute atomic E-state index is 14.0. The molecule has 0 bridgehead atoms. The highest BCUT2D eigenvalue weighted by Gasteiger charge is 2.38. The molecule has 0 aliphatic rings. The molecule has 0 aliphatic carbocycles. The third kappa shape index (κ3) is 4.09. The SMILES string of the molecule is O=C(O)c1c(Oc2ccc(Br)cc2C(F)(F)F)ccc(C(F)(F)F)c1F. The van der Waals surface area contributed by atoms with Crippen LogP contribution in [0.1, 0.15) is 21.5 Å². The Morgan fingerprint density at radius 3 is 1.96 bits per heavy atom. The lowest BCUT2D eigenvalue weighted by atomic mass is 10.1. The summed E-state index contributed by atoms with van der Waals surface area (Å²) in [5.74, 6) is -6.19. The molecule has 2 aromatic carbocycles. The summed E-state index contributed by atoms with van der Waals surface area (Å²) in [6.07, 6.45) is -10.1. The van der Waals surface area contributed by atoms with E-state index in [-0.39, 0.29) is 10.5 Å². The number of carboxylic acid groups (broad SMARTS) is 1. The first-order valence-electron chi connectivity index (χ1n) is 6.50. The van der Waals surface area contributed by atoms with Crippen LogP contribution in [0.3, 0.4) is 0 Å². The quantitative estimate of drug-likeness (QED) is 0.578. The van der Waals surface area contributed by atoms with Crippen molar-refractivity contribution in [3.63, 3.8) is 0 Å². The molecule has 0 saturated carbocycles. The smallest absolute Gasteiger partial charge is 0.420 e. The van der Waals surface area contributed by atoms with Crippen LogP contribution in [0.4, 0.5) is 30.7 Å². The first-order valence-corrected chi connectivity index (χ1v) is 7.29. The van der Waals surface area contributed by atoms with Crippen molar-refractivity contribution in [2.75, 3.05) is 0 Å². The lowest BCUT2D eigenvalue weighted by Gasteiger charge is -2.17. The normalized spacial score (nSPS) is 12.2. The number of alkyl halides is 6. The predicted molar refractivity (Wildman–Crippen MR) is 77.6 cm³/mol.